The molecule has 1 heteroatoms. The van der Waals surface area contributed by atoms with Crippen LogP contribution in [0, 0.1) is 17.3 Å². The van der Waals surface area contributed by atoms with E-state index in [4.69, 9.17) is 5.73 Å². The van der Waals surface area contributed by atoms with E-state index in [9.17, 15) is 0 Å². The Morgan fingerprint density at radius 2 is 1.59 bits per heavy atom. The third-order valence-corrected chi connectivity index (χ3v) is 5.06. The molecule has 0 bridgehead atoms. The number of hydrogen-bond donors (Lipinski definition) is 1. The van der Waals surface area contributed by atoms with Gasteiger partial charge in [0.1, 0.15) is 0 Å². The zero-order chi connectivity index (χ0) is 13.1. The van der Waals surface area contributed by atoms with Crippen LogP contribution in [-0.2, 0) is 0 Å². The molecule has 2 N–H and O–H groups in total. The van der Waals surface area contributed by atoms with E-state index in [1.54, 1.807) is 0 Å². The van der Waals surface area contributed by atoms with Gasteiger partial charge in [-0.25, -0.2) is 0 Å². The summed E-state index contributed by atoms with van der Waals surface area (Å²) in [6.07, 6.45) is 8.98. The van der Waals surface area contributed by atoms with Crippen LogP contribution in [0.25, 0.3) is 0 Å². The van der Waals surface area contributed by atoms with Crippen LogP contribution in [-0.4, -0.2) is 5.54 Å². The van der Waals surface area contributed by atoms with Gasteiger partial charge in [-0.05, 0) is 49.4 Å². The number of rotatable bonds is 4. The molecule has 0 heterocycles. The van der Waals surface area contributed by atoms with Gasteiger partial charge in [0.25, 0.3) is 0 Å². The Labute approximate surface area is 109 Å². The van der Waals surface area contributed by atoms with Gasteiger partial charge in [0.15, 0.2) is 0 Å². The highest BCUT2D eigenvalue weighted by atomic mass is 14.7. The maximum Gasteiger partial charge on any atom is 0.0157 e. The molecule has 1 fully saturated rings. The van der Waals surface area contributed by atoms with Crippen LogP contribution >= 0.6 is 0 Å². The Kier molecular flexibility index (Phi) is 5.07. The normalized spacial score (nSPS) is 30.9. The van der Waals surface area contributed by atoms with Crippen LogP contribution in [0.15, 0.2) is 0 Å². The highest BCUT2D eigenvalue weighted by Crippen LogP contribution is 2.42. The first-order valence-electron chi connectivity index (χ1n) is 7.59. The molecule has 0 atom stereocenters. The van der Waals surface area contributed by atoms with E-state index in [1.165, 1.54) is 44.9 Å². The molecule has 0 radical (unpaired) electrons. The Bertz CT molecular complexity index is 214. The molecule has 0 saturated heterocycles. The van der Waals surface area contributed by atoms with Gasteiger partial charge >= 0.3 is 0 Å². The first-order valence-corrected chi connectivity index (χ1v) is 7.59. The second-order valence-corrected chi connectivity index (χ2v) is 7.39. The summed E-state index contributed by atoms with van der Waals surface area (Å²) >= 11 is 0. The van der Waals surface area contributed by atoms with Gasteiger partial charge in [0.05, 0.1) is 0 Å². The van der Waals surface area contributed by atoms with E-state index in [-0.39, 0.29) is 5.54 Å². The van der Waals surface area contributed by atoms with Crippen molar-refractivity contribution in [2.45, 2.75) is 85.1 Å². The molecule has 1 saturated carbocycles. The number of hydrogen-bond acceptors (Lipinski definition) is 1. The van der Waals surface area contributed by atoms with Gasteiger partial charge in [-0.2, -0.15) is 0 Å². The highest BCUT2D eigenvalue weighted by molar-refractivity contribution is 4.93. The smallest absolute Gasteiger partial charge is 0.0157 e. The second kappa shape index (κ2) is 5.73. The molecular formula is C16H33N. The lowest BCUT2D eigenvalue weighted by Gasteiger charge is -2.43. The van der Waals surface area contributed by atoms with E-state index < -0.39 is 0 Å². The van der Waals surface area contributed by atoms with Crippen LogP contribution in [0.2, 0.25) is 0 Å². The van der Waals surface area contributed by atoms with Gasteiger partial charge < -0.3 is 5.73 Å². The second-order valence-electron chi connectivity index (χ2n) is 7.39. The predicted octanol–water partition coefficient (Wildman–Crippen LogP) is 4.75. The minimum atomic E-state index is 0.151. The maximum absolute atomic E-state index is 6.62. The fraction of sp³-hybridized carbons (Fsp3) is 1.00. The molecule has 0 aromatic rings. The van der Waals surface area contributed by atoms with Crippen molar-refractivity contribution < 1.29 is 0 Å². The summed E-state index contributed by atoms with van der Waals surface area (Å²) in [5.74, 6) is 1.71. The summed E-state index contributed by atoms with van der Waals surface area (Å²) in [6.45, 7) is 11.7. The van der Waals surface area contributed by atoms with E-state index in [2.05, 4.69) is 34.6 Å². The summed E-state index contributed by atoms with van der Waals surface area (Å²) in [6, 6.07) is 0. The van der Waals surface area contributed by atoms with Gasteiger partial charge in [0.2, 0.25) is 0 Å². The maximum atomic E-state index is 6.62. The minimum Gasteiger partial charge on any atom is -0.325 e. The molecule has 1 nitrogen and oxygen atoms in total. The Morgan fingerprint density at radius 1 is 1.12 bits per heavy atom. The van der Waals surface area contributed by atoms with Crippen molar-refractivity contribution in [2.75, 3.05) is 0 Å². The molecule has 0 aromatic carbocycles. The summed E-state index contributed by atoms with van der Waals surface area (Å²) in [7, 11) is 0. The van der Waals surface area contributed by atoms with E-state index in [0.717, 1.165) is 11.8 Å². The van der Waals surface area contributed by atoms with Crippen molar-refractivity contribution in [3.8, 4) is 0 Å². The minimum absolute atomic E-state index is 0.151. The molecule has 0 aliphatic heterocycles. The van der Waals surface area contributed by atoms with Crippen molar-refractivity contribution in [3.05, 3.63) is 0 Å². The van der Waals surface area contributed by atoms with Crippen molar-refractivity contribution >= 4 is 0 Å². The van der Waals surface area contributed by atoms with Crippen LogP contribution in [0.5, 0.6) is 0 Å². The Hall–Kier alpha value is -0.0400. The third kappa shape index (κ3) is 4.28. The summed E-state index contributed by atoms with van der Waals surface area (Å²) in [5.41, 5.74) is 7.24. The largest absolute Gasteiger partial charge is 0.325 e. The fourth-order valence-corrected chi connectivity index (χ4v) is 3.42. The summed E-state index contributed by atoms with van der Waals surface area (Å²) in [4.78, 5) is 0. The summed E-state index contributed by atoms with van der Waals surface area (Å²) in [5, 5.41) is 0. The monoisotopic (exact) mass is 239 g/mol. The standard InChI is InChI=1S/C16H33N/c1-6-13(7-2)12-16(17)10-8-14(9-11-16)15(3,4)5/h13-14H,6-12,17H2,1-5H3. The molecule has 17 heavy (non-hydrogen) atoms. The SMILES string of the molecule is CCC(CC)CC1(N)CCC(C(C)(C)C)CC1. The lowest BCUT2D eigenvalue weighted by Crippen LogP contribution is -2.46. The van der Waals surface area contributed by atoms with Crippen molar-refractivity contribution in [1.29, 1.82) is 0 Å². The quantitative estimate of drug-likeness (QED) is 0.753. The fourth-order valence-electron chi connectivity index (χ4n) is 3.42. The van der Waals surface area contributed by atoms with Crippen LogP contribution in [0.1, 0.15) is 79.6 Å². The molecule has 102 valence electrons. The average molecular weight is 239 g/mol. The van der Waals surface area contributed by atoms with Crippen molar-refractivity contribution in [1.82, 2.24) is 0 Å². The molecule has 1 aliphatic carbocycles. The Morgan fingerprint density at radius 3 is 1.94 bits per heavy atom. The lowest BCUT2D eigenvalue weighted by molar-refractivity contribution is 0.119. The van der Waals surface area contributed by atoms with Crippen LogP contribution < -0.4 is 5.73 Å². The first-order chi connectivity index (χ1) is 7.80. The van der Waals surface area contributed by atoms with E-state index in [1.807, 2.05) is 0 Å². The van der Waals surface area contributed by atoms with Crippen LogP contribution in [0.4, 0.5) is 0 Å². The number of nitrogens with two attached hydrogens (primary N) is 1. The van der Waals surface area contributed by atoms with Crippen molar-refractivity contribution in [2.24, 2.45) is 23.0 Å². The van der Waals surface area contributed by atoms with Crippen molar-refractivity contribution in [3.63, 3.8) is 0 Å². The molecular weight excluding hydrogens is 206 g/mol. The van der Waals surface area contributed by atoms with Gasteiger partial charge in [-0.3, -0.25) is 0 Å². The molecule has 1 rings (SSSR count). The average Bonchev–Trinajstić information content (AvgIpc) is 2.25. The third-order valence-electron chi connectivity index (χ3n) is 5.06. The molecule has 0 amide bonds. The van der Waals surface area contributed by atoms with Gasteiger partial charge in [-0.15, -0.1) is 0 Å². The van der Waals surface area contributed by atoms with E-state index >= 15 is 0 Å². The zero-order valence-corrected chi connectivity index (χ0v) is 12.7. The van der Waals surface area contributed by atoms with Gasteiger partial charge in [0, 0.05) is 5.54 Å². The molecule has 0 aromatic heterocycles. The first kappa shape index (κ1) is 15.0. The summed E-state index contributed by atoms with van der Waals surface area (Å²) < 4.78 is 0. The zero-order valence-electron chi connectivity index (χ0n) is 12.7. The molecule has 0 spiro atoms. The van der Waals surface area contributed by atoms with Crippen LogP contribution in [0.3, 0.4) is 0 Å². The molecule has 0 unspecified atom stereocenters. The van der Waals surface area contributed by atoms with E-state index in [0.29, 0.717) is 5.41 Å². The van der Waals surface area contributed by atoms with Gasteiger partial charge in [-0.1, -0.05) is 47.5 Å². The lowest BCUT2D eigenvalue weighted by atomic mass is 9.65. The highest BCUT2D eigenvalue weighted by Gasteiger charge is 2.36. The molecule has 1 aliphatic rings. The predicted molar refractivity (Wildman–Crippen MR) is 77.0 cm³/mol. The topological polar surface area (TPSA) is 26.0 Å². The Balaban J connectivity index is 2.49.